The van der Waals surface area contributed by atoms with Crippen LogP contribution >= 0.6 is 0 Å². The molecule has 0 saturated heterocycles. The second kappa shape index (κ2) is 5.54. The molecule has 1 aliphatic heterocycles. The van der Waals surface area contributed by atoms with Gasteiger partial charge < -0.3 is 4.90 Å². The number of ketones is 2. The molecule has 10 heteroatoms. The third kappa shape index (κ3) is 3.09. The maximum absolute atomic E-state index is 13.3. The van der Waals surface area contributed by atoms with Crippen molar-refractivity contribution in [3.05, 3.63) is 11.8 Å². The van der Waals surface area contributed by atoms with Gasteiger partial charge in [0, 0.05) is 31.3 Å². The minimum atomic E-state index is -6.56. The third-order valence-corrected chi connectivity index (χ3v) is 3.24. The fraction of sp³-hybridized carbons (Fsp3) is 0.667. The molecule has 0 radical (unpaired) electrons. The zero-order valence-electron chi connectivity index (χ0n) is 11.5. The van der Waals surface area contributed by atoms with E-state index in [2.05, 4.69) is 0 Å². The molecule has 1 rings (SSSR count). The van der Waals surface area contributed by atoms with Crippen LogP contribution in [-0.2, 0) is 9.59 Å². The van der Waals surface area contributed by atoms with Gasteiger partial charge in [0.1, 0.15) is 5.78 Å². The van der Waals surface area contributed by atoms with E-state index in [1.165, 1.54) is 14.0 Å². The van der Waals surface area contributed by atoms with Gasteiger partial charge in [-0.2, -0.15) is 30.7 Å². The van der Waals surface area contributed by atoms with Crippen LogP contribution in [0.4, 0.5) is 30.7 Å². The summed E-state index contributed by atoms with van der Waals surface area (Å²) in [6, 6.07) is -0.730. The van der Waals surface area contributed by atoms with E-state index >= 15 is 0 Å². The fourth-order valence-electron chi connectivity index (χ4n) is 2.02. The lowest BCUT2D eigenvalue weighted by molar-refractivity contribution is -0.342. The van der Waals surface area contributed by atoms with Crippen molar-refractivity contribution in [1.29, 1.82) is 0 Å². The quantitative estimate of drug-likeness (QED) is 0.725. The van der Waals surface area contributed by atoms with Crippen molar-refractivity contribution in [3.8, 4) is 0 Å². The molecule has 3 nitrogen and oxygen atoms in total. The molecule has 0 N–H and O–H groups in total. The van der Waals surface area contributed by atoms with Crippen molar-refractivity contribution in [2.45, 2.75) is 43.8 Å². The van der Waals surface area contributed by atoms with Crippen LogP contribution in [0, 0.1) is 0 Å². The van der Waals surface area contributed by atoms with E-state index in [1.54, 1.807) is 0 Å². The van der Waals surface area contributed by atoms with Crippen LogP contribution < -0.4 is 0 Å². The van der Waals surface area contributed by atoms with Gasteiger partial charge >= 0.3 is 18.0 Å². The highest BCUT2D eigenvalue weighted by Gasteiger charge is 2.76. The molecule has 0 aliphatic carbocycles. The molecular formula is C12H12F7NO2. The molecule has 0 aromatic rings. The van der Waals surface area contributed by atoms with Crippen LogP contribution in [0.2, 0.25) is 0 Å². The summed E-state index contributed by atoms with van der Waals surface area (Å²) in [5.41, 5.74) is -0.873. The minimum Gasteiger partial charge on any atom is -0.376 e. The maximum Gasteiger partial charge on any atom is 0.460 e. The number of nitrogens with zero attached hydrogens (tertiary/aromatic N) is 1. The van der Waals surface area contributed by atoms with Crippen molar-refractivity contribution in [2.75, 3.05) is 7.05 Å². The average molecular weight is 335 g/mol. The van der Waals surface area contributed by atoms with Gasteiger partial charge in [0.2, 0.25) is 5.78 Å². The number of hydrogen-bond donors (Lipinski definition) is 0. The lowest BCUT2D eigenvalue weighted by atomic mass is 9.96. The smallest absolute Gasteiger partial charge is 0.376 e. The number of halogens is 7. The van der Waals surface area contributed by atoms with Gasteiger partial charge in [0.15, 0.2) is 0 Å². The Kier molecular flexibility index (Phi) is 4.65. The number of carbonyl (C=O) groups is 2. The first kappa shape index (κ1) is 18.4. The van der Waals surface area contributed by atoms with E-state index in [9.17, 15) is 40.3 Å². The summed E-state index contributed by atoms with van der Waals surface area (Å²) in [6.45, 7) is 1.19. The first-order valence-electron chi connectivity index (χ1n) is 6.01. The van der Waals surface area contributed by atoms with Gasteiger partial charge in [-0.15, -0.1) is 0 Å². The van der Waals surface area contributed by atoms with E-state index in [-0.39, 0.29) is 12.2 Å². The molecule has 1 atom stereocenters. The summed E-state index contributed by atoms with van der Waals surface area (Å²) >= 11 is 0. The summed E-state index contributed by atoms with van der Waals surface area (Å²) in [5.74, 6) is -15.3. The molecule has 1 heterocycles. The van der Waals surface area contributed by atoms with E-state index in [0.717, 1.165) is 11.1 Å². The van der Waals surface area contributed by atoms with Crippen LogP contribution in [0.15, 0.2) is 11.8 Å². The molecule has 0 amide bonds. The molecule has 0 spiro atoms. The molecule has 0 aromatic carbocycles. The Morgan fingerprint density at radius 3 is 2.09 bits per heavy atom. The third-order valence-electron chi connectivity index (χ3n) is 3.24. The summed E-state index contributed by atoms with van der Waals surface area (Å²) in [4.78, 5) is 23.5. The second-order valence-electron chi connectivity index (χ2n) is 5.06. The highest BCUT2D eigenvalue weighted by molar-refractivity contribution is 6.02. The molecule has 0 aromatic heterocycles. The zero-order valence-corrected chi connectivity index (χ0v) is 11.5. The maximum atomic E-state index is 13.3. The van der Waals surface area contributed by atoms with E-state index < -0.39 is 41.8 Å². The molecule has 0 fully saturated rings. The Morgan fingerprint density at radius 1 is 1.18 bits per heavy atom. The number of rotatable bonds is 5. The summed E-state index contributed by atoms with van der Waals surface area (Å²) in [5, 5.41) is 0. The van der Waals surface area contributed by atoms with Gasteiger partial charge in [-0.3, -0.25) is 9.59 Å². The Balaban J connectivity index is 3.02. The Bertz CT molecular complexity index is 510. The largest absolute Gasteiger partial charge is 0.460 e. The van der Waals surface area contributed by atoms with Crippen molar-refractivity contribution < 1.29 is 40.3 Å². The van der Waals surface area contributed by atoms with Gasteiger partial charge in [0.25, 0.3) is 0 Å². The molecule has 1 unspecified atom stereocenters. The highest BCUT2D eigenvalue weighted by Crippen LogP contribution is 2.48. The van der Waals surface area contributed by atoms with Gasteiger partial charge in [-0.25, -0.2) is 0 Å². The number of Topliss-reactive ketones (excluding diaryl/α,β-unsaturated/α-hetero) is 2. The van der Waals surface area contributed by atoms with Crippen molar-refractivity contribution in [1.82, 2.24) is 4.90 Å². The van der Waals surface area contributed by atoms with Crippen LogP contribution in [-0.4, -0.2) is 47.6 Å². The van der Waals surface area contributed by atoms with Gasteiger partial charge in [-0.1, -0.05) is 0 Å². The first-order chi connectivity index (χ1) is 9.71. The Hall–Kier alpha value is -1.61. The van der Waals surface area contributed by atoms with E-state index in [4.69, 9.17) is 0 Å². The molecule has 22 heavy (non-hydrogen) atoms. The molecule has 0 saturated carbocycles. The van der Waals surface area contributed by atoms with Crippen molar-refractivity contribution >= 4 is 11.6 Å². The molecular weight excluding hydrogens is 323 g/mol. The number of alkyl halides is 7. The summed E-state index contributed by atoms with van der Waals surface area (Å²) < 4.78 is 88.4. The predicted molar refractivity (Wildman–Crippen MR) is 60.5 cm³/mol. The summed E-state index contributed by atoms with van der Waals surface area (Å²) in [6.07, 6.45) is -6.45. The van der Waals surface area contributed by atoms with Crippen molar-refractivity contribution in [2.24, 2.45) is 0 Å². The van der Waals surface area contributed by atoms with Crippen molar-refractivity contribution in [3.63, 3.8) is 0 Å². The first-order valence-corrected chi connectivity index (χ1v) is 6.01. The van der Waals surface area contributed by atoms with Crippen LogP contribution in [0.3, 0.4) is 0 Å². The molecule has 0 bridgehead atoms. The van der Waals surface area contributed by atoms with Crippen LogP contribution in [0.5, 0.6) is 0 Å². The van der Waals surface area contributed by atoms with E-state index in [1.807, 2.05) is 0 Å². The minimum absolute atomic E-state index is 0.148. The monoisotopic (exact) mass is 335 g/mol. The number of hydrogen-bond acceptors (Lipinski definition) is 3. The topological polar surface area (TPSA) is 37.4 Å². The van der Waals surface area contributed by atoms with Crippen LogP contribution in [0.25, 0.3) is 0 Å². The van der Waals surface area contributed by atoms with E-state index in [0.29, 0.717) is 0 Å². The number of carbonyl (C=O) groups excluding carboxylic acids is 2. The normalized spacial score (nSPS) is 20.1. The Labute approximate surface area is 120 Å². The van der Waals surface area contributed by atoms with Gasteiger partial charge in [-0.05, 0) is 13.3 Å². The highest BCUT2D eigenvalue weighted by atomic mass is 19.4. The lowest BCUT2D eigenvalue weighted by Crippen LogP contribution is -2.56. The van der Waals surface area contributed by atoms with Crippen LogP contribution in [0.1, 0.15) is 19.8 Å². The SMILES string of the molecule is CC(=O)CC1CC(C(=O)C(F)(F)C(F)(F)C(F)(F)F)=CN1C. The van der Waals surface area contributed by atoms with Gasteiger partial charge in [0.05, 0.1) is 0 Å². The standard InChI is InChI=1S/C12H12F7NO2/c1-6(21)3-8-4-7(5-20(8)2)9(22)10(13,14)11(15,16)12(17,18)19/h5,8H,3-4H2,1-2H3. The molecule has 1 aliphatic rings. The lowest BCUT2D eigenvalue weighted by Gasteiger charge is -2.27. The second-order valence-corrected chi connectivity index (χ2v) is 5.06. The zero-order chi connectivity index (χ0) is 17.5. The average Bonchev–Trinajstić information content (AvgIpc) is 2.67. The molecule has 126 valence electrons. The fourth-order valence-corrected chi connectivity index (χ4v) is 2.02. The Morgan fingerprint density at radius 2 is 1.68 bits per heavy atom. The summed E-state index contributed by atoms with van der Waals surface area (Å²) in [7, 11) is 1.30. The predicted octanol–water partition coefficient (Wildman–Crippen LogP) is 2.96.